The number of hydrogen-bond acceptors (Lipinski definition) is 3. The zero-order valence-corrected chi connectivity index (χ0v) is 12.8. The van der Waals surface area contributed by atoms with Crippen molar-refractivity contribution in [3.05, 3.63) is 31.5 Å². The van der Waals surface area contributed by atoms with Crippen LogP contribution in [0.25, 0.3) is 0 Å². The molecule has 0 amide bonds. The monoisotopic (exact) mass is 329 g/mol. The van der Waals surface area contributed by atoms with E-state index in [-0.39, 0.29) is 46.2 Å². The first-order chi connectivity index (χ1) is 4.18. The van der Waals surface area contributed by atoms with Crippen LogP contribution in [0.5, 0.6) is 0 Å². The minimum atomic E-state index is -0.802. The van der Waals surface area contributed by atoms with E-state index in [0.717, 1.165) is 0 Å². The molecule has 0 atom stereocenters. The third kappa shape index (κ3) is 5.34. The Hall–Kier alpha value is -0.325. The Morgan fingerprint density at radius 1 is 0.750 bits per heavy atom. The zero-order valence-electron chi connectivity index (χ0n) is 6.06. The fraction of sp³-hybridized carbons (Fsp3) is 0. The van der Waals surface area contributed by atoms with Gasteiger partial charge >= 0.3 is 41.0 Å². The van der Waals surface area contributed by atoms with E-state index in [2.05, 4.69) is 0 Å². The van der Waals surface area contributed by atoms with Crippen molar-refractivity contribution in [1.29, 1.82) is 0 Å². The third-order valence-corrected chi connectivity index (χ3v) is 0.681. The molecular formula is C3H8CoN3O4Sn. The van der Waals surface area contributed by atoms with Crippen molar-refractivity contribution in [3.63, 3.8) is 0 Å². The summed E-state index contributed by atoms with van der Waals surface area (Å²) in [4.78, 5) is 35.9. The average Bonchev–Trinajstić information content (AvgIpc) is 1.59. The Bertz CT molecular complexity index is 288. The SMILES string of the molecule is O.O=c1[nH]c(=O)[nH]c(=O)[nH]1.[Co].[SnH3]. The molecule has 0 aliphatic carbocycles. The van der Waals surface area contributed by atoms with Gasteiger partial charge in [-0.25, -0.2) is 14.4 Å². The van der Waals surface area contributed by atoms with Gasteiger partial charge in [0.25, 0.3) is 0 Å². The van der Waals surface area contributed by atoms with E-state index in [4.69, 9.17) is 0 Å². The number of rotatable bonds is 0. The summed E-state index contributed by atoms with van der Waals surface area (Å²) in [6, 6.07) is 0. The van der Waals surface area contributed by atoms with Gasteiger partial charge in [-0.05, 0) is 0 Å². The summed E-state index contributed by atoms with van der Waals surface area (Å²) >= 11 is 0. The number of aromatic amines is 3. The molecule has 0 fully saturated rings. The molecule has 0 aliphatic heterocycles. The van der Waals surface area contributed by atoms with Gasteiger partial charge in [-0.2, -0.15) is 0 Å². The number of hydrogen-bond donors (Lipinski definition) is 3. The second kappa shape index (κ2) is 7.33. The number of H-pyrrole nitrogens is 3. The van der Waals surface area contributed by atoms with Gasteiger partial charge in [0.05, 0.1) is 0 Å². The van der Waals surface area contributed by atoms with Crippen LogP contribution in [0.2, 0.25) is 0 Å². The molecule has 1 aromatic rings. The van der Waals surface area contributed by atoms with Gasteiger partial charge in [-0.1, -0.05) is 0 Å². The third-order valence-electron chi connectivity index (χ3n) is 0.681. The van der Waals surface area contributed by atoms with Crippen LogP contribution in [0.4, 0.5) is 0 Å². The summed E-state index contributed by atoms with van der Waals surface area (Å²) in [6.45, 7) is 0. The van der Waals surface area contributed by atoms with Crippen molar-refractivity contribution in [2.24, 2.45) is 0 Å². The van der Waals surface area contributed by atoms with Crippen molar-refractivity contribution >= 4 is 23.9 Å². The Balaban J connectivity index is -0.000000270. The topological polar surface area (TPSA) is 130 Å². The van der Waals surface area contributed by atoms with Gasteiger partial charge in [-0.15, -0.1) is 0 Å². The number of aromatic nitrogens is 3. The Labute approximate surface area is 92.5 Å². The second-order valence-electron chi connectivity index (χ2n) is 1.36. The van der Waals surface area contributed by atoms with E-state index >= 15 is 0 Å². The molecule has 5 N–H and O–H groups in total. The van der Waals surface area contributed by atoms with Gasteiger partial charge in [0.15, 0.2) is 0 Å². The summed E-state index contributed by atoms with van der Waals surface area (Å²) in [6.07, 6.45) is 0. The van der Waals surface area contributed by atoms with Crippen LogP contribution in [0.15, 0.2) is 14.4 Å². The molecule has 2 radical (unpaired) electrons. The first kappa shape index (κ1) is 17.7. The van der Waals surface area contributed by atoms with Crippen LogP contribution < -0.4 is 17.1 Å². The van der Waals surface area contributed by atoms with Crippen LogP contribution in [0.3, 0.4) is 0 Å². The van der Waals surface area contributed by atoms with E-state index in [0.29, 0.717) is 0 Å². The van der Waals surface area contributed by atoms with Gasteiger partial charge in [0.2, 0.25) is 0 Å². The fourth-order valence-electron chi connectivity index (χ4n) is 0.403. The van der Waals surface area contributed by atoms with Gasteiger partial charge < -0.3 is 5.48 Å². The Kier molecular flexibility index (Phi) is 10.8. The normalized spacial score (nSPS) is 7.00. The van der Waals surface area contributed by atoms with E-state index < -0.39 is 17.1 Å². The predicted molar refractivity (Wildman–Crippen MR) is 41.9 cm³/mol. The molecule has 7 nitrogen and oxygen atoms in total. The molecule has 0 saturated carbocycles. The molecule has 9 heteroatoms. The summed E-state index contributed by atoms with van der Waals surface area (Å²) < 4.78 is 0. The Morgan fingerprint density at radius 3 is 1.08 bits per heavy atom. The second-order valence-corrected chi connectivity index (χ2v) is 1.36. The first-order valence-corrected chi connectivity index (χ1v) is 2.11. The van der Waals surface area contributed by atoms with Crippen LogP contribution in [-0.4, -0.2) is 44.3 Å². The molecule has 12 heavy (non-hydrogen) atoms. The van der Waals surface area contributed by atoms with Crippen molar-refractivity contribution in [2.45, 2.75) is 0 Å². The van der Waals surface area contributed by atoms with Crippen molar-refractivity contribution in [1.82, 2.24) is 15.0 Å². The molecule has 0 saturated heterocycles. The maximum absolute atomic E-state index is 10.2. The van der Waals surface area contributed by atoms with Gasteiger partial charge in [0, 0.05) is 16.8 Å². The summed E-state index contributed by atoms with van der Waals surface area (Å²) in [5.41, 5.74) is -2.41. The van der Waals surface area contributed by atoms with Crippen LogP contribution in [0, 0.1) is 0 Å². The van der Waals surface area contributed by atoms with Crippen molar-refractivity contribution < 1.29 is 22.3 Å². The van der Waals surface area contributed by atoms with Gasteiger partial charge in [-0.3, -0.25) is 15.0 Å². The van der Waals surface area contributed by atoms with E-state index in [1.807, 2.05) is 0 Å². The summed E-state index contributed by atoms with van der Waals surface area (Å²) in [7, 11) is 0. The fourth-order valence-corrected chi connectivity index (χ4v) is 0.403. The standard InChI is InChI=1S/C3H3N3O3.Co.H2O.Sn.3H/c7-1-4-2(8)6-3(9)5-1;;;;;;/h(H3,4,5,6,7,8,9);;1H2;;;;. The molecule has 1 rings (SSSR count). The Morgan fingerprint density at radius 2 is 0.917 bits per heavy atom. The average molecular weight is 328 g/mol. The summed E-state index contributed by atoms with van der Waals surface area (Å²) in [5.74, 6) is 0. The van der Waals surface area contributed by atoms with E-state index in [9.17, 15) is 14.4 Å². The number of nitrogens with one attached hydrogen (secondary N) is 3. The van der Waals surface area contributed by atoms with Crippen molar-refractivity contribution in [2.75, 3.05) is 0 Å². The summed E-state index contributed by atoms with van der Waals surface area (Å²) in [5, 5.41) is 0. The zero-order chi connectivity index (χ0) is 6.85. The van der Waals surface area contributed by atoms with E-state index in [1.54, 1.807) is 15.0 Å². The molecule has 0 aliphatic rings. The van der Waals surface area contributed by atoms with E-state index in [1.165, 1.54) is 0 Å². The molecule has 0 unspecified atom stereocenters. The van der Waals surface area contributed by atoms with Crippen LogP contribution in [-0.2, 0) is 16.8 Å². The predicted octanol–water partition coefficient (Wildman–Crippen LogP) is -4.26. The molecule has 0 aromatic carbocycles. The molecular weight excluding hydrogens is 320 g/mol. The maximum atomic E-state index is 10.2. The minimum absolute atomic E-state index is 0. The first-order valence-electron chi connectivity index (χ1n) is 2.11. The quantitative estimate of drug-likeness (QED) is 0.417. The molecule has 72 valence electrons. The molecule has 1 aromatic heterocycles. The van der Waals surface area contributed by atoms with Gasteiger partial charge in [0.1, 0.15) is 0 Å². The van der Waals surface area contributed by atoms with Crippen LogP contribution >= 0.6 is 0 Å². The molecule has 0 bridgehead atoms. The molecule has 0 spiro atoms. The molecule has 1 heterocycles. The van der Waals surface area contributed by atoms with Crippen molar-refractivity contribution in [3.8, 4) is 0 Å². The van der Waals surface area contributed by atoms with Crippen LogP contribution in [0.1, 0.15) is 0 Å².